The molecule has 0 aliphatic heterocycles. The number of hydrogen-bond donors (Lipinski definition) is 0. The zero-order valence-corrected chi connectivity index (χ0v) is 17.9. The van der Waals surface area contributed by atoms with Crippen molar-refractivity contribution in [3.63, 3.8) is 0 Å². The van der Waals surface area contributed by atoms with Gasteiger partial charge in [-0.1, -0.05) is 63.2 Å². The van der Waals surface area contributed by atoms with Crippen LogP contribution in [0.3, 0.4) is 0 Å². The van der Waals surface area contributed by atoms with Crippen molar-refractivity contribution >= 4 is 28.1 Å². The lowest BCUT2D eigenvalue weighted by molar-refractivity contribution is 0.222. The largest absolute Gasteiger partial charge is 0.406 e. The second-order valence-electron chi connectivity index (χ2n) is 7.68. The molecule has 0 radical (unpaired) electrons. The molecule has 1 unspecified atom stereocenters. The molecule has 0 N–H and O–H groups in total. The first-order valence-electron chi connectivity index (χ1n) is 8.19. The van der Waals surface area contributed by atoms with Crippen LogP contribution in [0, 0.1) is 0 Å². The van der Waals surface area contributed by atoms with Gasteiger partial charge < -0.3 is 4.43 Å². The molecular formula is C19H25ClO3SSi. The highest BCUT2D eigenvalue weighted by atomic mass is 35.7. The molecule has 0 saturated carbocycles. The van der Waals surface area contributed by atoms with Crippen LogP contribution < -0.4 is 0 Å². The van der Waals surface area contributed by atoms with Gasteiger partial charge in [0.25, 0.3) is 9.05 Å². The molecule has 2 rings (SSSR count). The van der Waals surface area contributed by atoms with Crippen molar-refractivity contribution in [2.24, 2.45) is 0 Å². The summed E-state index contributed by atoms with van der Waals surface area (Å²) in [5.74, 6) is 0. The molecule has 0 aromatic heterocycles. The molecular weight excluding hydrogens is 372 g/mol. The maximum atomic E-state index is 11.5. The van der Waals surface area contributed by atoms with Crippen LogP contribution in [0.4, 0.5) is 0 Å². The minimum Gasteiger partial charge on any atom is -0.406 e. The van der Waals surface area contributed by atoms with Gasteiger partial charge in [0.05, 0.1) is 11.0 Å². The lowest BCUT2D eigenvalue weighted by atomic mass is 10.0. The summed E-state index contributed by atoms with van der Waals surface area (Å²) in [6.07, 6.45) is -0.242. The van der Waals surface area contributed by atoms with Crippen LogP contribution in [0.15, 0.2) is 59.5 Å². The van der Waals surface area contributed by atoms with Gasteiger partial charge in [0.15, 0.2) is 8.32 Å². The van der Waals surface area contributed by atoms with Gasteiger partial charge in [-0.25, -0.2) is 8.42 Å². The molecule has 6 heteroatoms. The third-order valence-electron chi connectivity index (χ3n) is 4.79. The van der Waals surface area contributed by atoms with E-state index in [9.17, 15) is 8.42 Å². The van der Waals surface area contributed by atoms with E-state index >= 15 is 0 Å². The first-order chi connectivity index (χ1) is 11.4. The van der Waals surface area contributed by atoms with E-state index in [1.54, 1.807) is 12.1 Å². The maximum absolute atomic E-state index is 11.5. The van der Waals surface area contributed by atoms with E-state index in [1.165, 1.54) is 12.1 Å². The quantitative estimate of drug-likeness (QED) is 0.479. The average molecular weight is 397 g/mol. The predicted octanol–water partition coefficient (Wildman–Crippen LogP) is 5.73. The highest BCUT2D eigenvalue weighted by Gasteiger charge is 2.39. The van der Waals surface area contributed by atoms with E-state index in [0.717, 1.165) is 11.1 Å². The Labute approximate surface area is 156 Å². The van der Waals surface area contributed by atoms with Crippen molar-refractivity contribution in [1.82, 2.24) is 0 Å². The van der Waals surface area contributed by atoms with Gasteiger partial charge in [-0.05, 0) is 41.4 Å². The second-order valence-corrected chi connectivity index (χ2v) is 15.0. The van der Waals surface area contributed by atoms with Gasteiger partial charge >= 0.3 is 0 Å². The molecule has 0 amide bonds. The highest BCUT2D eigenvalue weighted by molar-refractivity contribution is 8.13. The lowest BCUT2D eigenvalue weighted by Crippen LogP contribution is -2.42. The van der Waals surface area contributed by atoms with E-state index in [2.05, 4.69) is 33.9 Å². The SMILES string of the molecule is CC(C)(C)[Si](C)(C)OC(c1ccccc1)c1ccc(S(=O)(=O)Cl)cc1. The van der Waals surface area contributed by atoms with Crippen molar-refractivity contribution in [2.75, 3.05) is 0 Å². The number of hydrogen-bond acceptors (Lipinski definition) is 3. The normalized spacial score (nSPS) is 14.3. The Morgan fingerprint density at radius 3 is 1.84 bits per heavy atom. The minimum atomic E-state index is -3.73. The fourth-order valence-electron chi connectivity index (χ4n) is 2.23. The van der Waals surface area contributed by atoms with E-state index in [0.29, 0.717) is 0 Å². The molecule has 0 saturated heterocycles. The fourth-order valence-corrected chi connectivity index (χ4v) is 4.22. The number of benzene rings is 2. The topological polar surface area (TPSA) is 43.4 Å². The Morgan fingerprint density at radius 1 is 0.920 bits per heavy atom. The van der Waals surface area contributed by atoms with Crippen molar-refractivity contribution in [3.8, 4) is 0 Å². The fraction of sp³-hybridized carbons (Fsp3) is 0.368. The first kappa shape index (κ1) is 20.2. The van der Waals surface area contributed by atoms with E-state index in [-0.39, 0.29) is 16.0 Å². The van der Waals surface area contributed by atoms with E-state index < -0.39 is 17.4 Å². The third kappa shape index (κ3) is 4.94. The van der Waals surface area contributed by atoms with Gasteiger partial charge in [-0.3, -0.25) is 0 Å². The first-order valence-corrected chi connectivity index (χ1v) is 13.4. The third-order valence-corrected chi connectivity index (χ3v) is 10.6. The molecule has 0 fully saturated rings. The molecule has 136 valence electrons. The van der Waals surface area contributed by atoms with Gasteiger partial charge in [0.2, 0.25) is 0 Å². The van der Waals surface area contributed by atoms with Crippen molar-refractivity contribution in [1.29, 1.82) is 0 Å². The molecule has 25 heavy (non-hydrogen) atoms. The summed E-state index contributed by atoms with van der Waals surface area (Å²) in [6, 6.07) is 16.6. The molecule has 0 aliphatic carbocycles. The van der Waals surface area contributed by atoms with Crippen LogP contribution in [0.2, 0.25) is 18.1 Å². The van der Waals surface area contributed by atoms with E-state index in [1.807, 2.05) is 30.3 Å². The molecule has 2 aromatic carbocycles. The average Bonchev–Trinajstić information content (AvgIpc) is 2.52. The van der Waals surface area contributed by atoms with Crippen LogP contribution in [0.5, 0.6) is 0 Å². The molecule has 0 spiro atoms. The molecule has 1 atom stereocenters. The van der Waals surface area contributed by atoms with Crippen LogP contribution in [-0.2, 0) is 13.5 Å². The van der Waals surface area contributed by atoms with Gasteiger partial charge in [0, 0.05) is 10.7 Å². The zero-order chi connectivity index (χ0) is 18.9. The molecule has 0 heterocycles. The highest BCUT2D eigenvalue weighted by Crippen LogP contribution is 2.41. The predicted molar refractivity (Wildman–Crippen MR) is 106 cm³/mol. The van der Waals surface area contributed by atoms with Crippen LogP contribution >= 0.6 is 10.7 Å². The van der Waals surface area contributed by atoms with Gasteiger partial charge in [-0.15, -0.1) is 0 Å². The molecule has 0 bridgehead atoms. The Kier molecular flexibility index (Phi) is 5.84. The summed E-state index contributed by atoms with van der Waals surface area (Å²) in [4.78, 5) is 0.0945. The smallest absolute Gasteiger partial charge is 0.261 e. The standard InChI is InChI=1S/C19H25ClO3SSi/c1-19(2,3)25(4,5)23-18(15-9-7-6-8-10-15)16-11-13-17(14-12-16)24(20,21)22/h6-14,18H,1-5H3. The molecule has 0 aliphatic rings. The van der Waals surface area contributed by atoms with Gasteiger partial charge in [0.1, 0.15) is 0 Å². The second kappa shape index (κ2) is 7.23. The molecule has 3 nitrogen and oxygen atoms in total. The summed E-state index contributed by atoms with van der Waals surface area (Å²) in [5.41, 5.74) is 1.97. The van der Waals surface area contributed by atoms with Crippen LogP contribution in [-0.4, -0.2) is 16.7 Å². The summed E-state index contributed by atoms with van der Waals surface area (Å²) in [5, 5.41) is 0.0689. The molecule has 2 aromatic rings. The van der Waals surface area contributed by atoms with Crippen molar-refractivity contribution in [2.45, 2.75) is 49.9 Å². The number of rotatable bonds is 5. The van der Waals surface area contributed by atoms with E-state index in [4.69, 9.17) is 15.1 Å². The Morgan fingerprint density at radius 2 is 1.40 bits per heavy atom. The Balaban J connectivity index is 2.46. The summed E-state index contributed by atoms with van der Waals surface area (Å²) < 4.78 is 29.6. The van der Waals surface area contributed by atoms with Crippen molar-refractivity contribution in [3.05, 3.63) is 65.7 Å². The van der Waals surface area contributed by atoms with Gasteiger partial charge in [-0.2, -0.15) is 0 Å². The summed E-state index contributed by atoms with van der Waals surface area (Å²) in [6.45, 7) is 11.0. The minimum absolute atomic E-state index is 0.0689. The lowest BCUT2D eigenvalue weighted by Gasteiger charge is -2.39. The zero-order valence-electron chi connectivity index (χ0n) is 15.3. The monoisotopic (exact) mass is 396 g/mol. The number of halogens is 1. The maximum Gasteiger partial charge on any atom is 0.261 e. The Bertz CT molecular complexity index is 810. The summed E-state index contributed by atoms with van der Waals surface area (Å²) >= 11 is 0. The Hall–Kier alpha value is -1.14. The van der Waals surface area contributed by atoms with Crippen LogP contribution in [0.1, 0.15) is 38.0 Å². The van der Waals surface area contributed by atoms with Crippen molar-refractivity contribution < 1.29 is 12.8 Å². The van der Waals surface area contributed by atoms with Crippen LogP contribution in [0.25, 0.3) is 0 Å². The summed E-state index contributed by atoms with van der Waals surface area (Å²) in [7, 11) is -0.335.